The highest BCUT2D eigenvalue weighted by Crippen LogP contribution is 2.48. The van der Waals surface area contributed by atoms with E-state index >= 15 is 0 Å². The molecule has 0 saturated heterocycles. The van der Waals surface area contributed by atoms with E-state index in [1.54, 1.807) is 26.0 Å². The van der Waals surface area contributed by atoms with Crippen LogP contribution < -0.4 is 5.62 Å². The molecule has 0 fully saturated rings. The third kappa shape index (κ3) is 3.41. The van der Waals surface area contributed by atoms with Crippen LogP contribution in [0.3, 0.4) is 0 Å². The zero-order valence-electron chi connectivity index (χ0n) is 11.6. The highest BCUT2D eigenvalue weighted by Gasteiger charge is 2.22. The van der Waals surface area contributed by atoms with E-state index in [9.17, 15) is 9.36 Å². The molecule has 8 nitrogen and oxygen atoms in total. The summed E-state index contributed by atoms with van der Waals surface area (Å²) in [6, 6.07) is 4.75. The van der Waals surface area contributed by atoms with Gasteiger partial charge in [0.05, 0.1) is 29.8 Å². The van der Waals surface area contributed by atoms with Crippen molar-refractivity contribution in [3.63, 3.8) is 0 Å². The van der Waals surface area contributed by atoms with Gasteiger partial charge in [-0.25, -0.2) is 9.36 Å². The zero-order chi connectivity index (χ0) is 15.5. The Morgan fingerprint density at radius 3 is 2.52 bits per heavy atom. The number of rotatable bonds is 6. The Bertz CT molecular complexity index is 754. The van der Waals surface area contributed by atoms with Crippen molar-refractivity contribution in [3.8, 4) is 0 Å². The first-order valence-corrected chi connectivity index (χ1v) is 7.88. The van der Waals surface area contributed by atoms with Crippen molar-refractivity contribution in [1.29, 1.82) is 0 Å². The van der Waals surface area contributed by atoms with Crippen molar-refractivity contribution in [2.75, 3.05) is 13.2 Å². The SMILES string of the molecule is CCOP(=O)(/N=c1/[nH]c2cccc(C(=O)O)c2[nH]1)OCC. The van der Waals surface area contributed by atoms with Crippen molar-refractivity contribution >= 4 is 24.7 Å². The van der Waals surface area contributed by atoms with Crippen LogP contribution in [0.1, 0.15) is 24.2 Å². The van der Waals surface area contributed by atoms with Crippen LogP contribution in [0.25, 0.3) is 11.0 Å². The Kier molecular flexibility index (Phi) is 4.62. The number of benzene rings is 1. The molecular formula is C12H16N3O5P. The zero-order valence-corrected chi connectivity index (χ0v) is 12.5. The van der Waals surface area contributed by atoms with Gasteiger partial charge in [0.1, 0.15) is 0 Å². The number of H-pyrrole nitrogens is 2. The van der Waals surface area contributed by atoms with Gasteiger partial charge in [-0.3, -0.25) is 9.05 Å². The number of fused-ring (bicyclic) bond motifs is 1. The predicted molar refractivity (Wildman–Crippen MR) is 76.0 cm³/mol. The lowest BCUT2D eigenvalue weighted by atomic mass is 10.2. The Balaban J connectivity index is 2.56. The van der Waals surface area contributed by atoms with E-state index in [1.165, 1.54) is 6.07 Å². The van der Waals surface area contributed by atoms with E-state index in [2.05, 4.69) is 14.7 Å². The molecule has 0 unspecified atom stereocenters. The van der Waals surface area contributed by atoms with Gasteiger partial charge in [-0.1, -0.05) is 6.07 Å². The molecule has 1 aromatic heterocycles. The van der Waals surface area contributed by atoms with Gasteiger partial charge in [0, 0.05) is 0 Å². The van der Waals surface area contributed by atoms with Crippen LogP contribution in [0.5, 0.6) is 0 Å². The fraction of sp³-hybridized carbons (Fsp3) is 0.333. The molecule has 0 radical (unpaired) electrons. The lowest BCUT2D eigenvalue weighted by Gasteiger charge is -2.09. The average molecular weight is 313 g/mol. The largest absolute Gasteiger partial charge is 0.478 e. The van der Waals surface area contributed by atoms with Crippen LogP contribution in [-0.4, -0.2) is 34.3 Å². The quantitative estimate of drug-likeness (QED) is 0.707. The van der Waals surface area contributed by atoms with Gasteiger partial charge in [0.2, 0.25) is 5.62 Å². The van der Waals surface area contributed by atoms with Gasteiger partial charge in [-0.15, -0.1) is 4.76 Å². The Labute approximate surface area is 120 Å². The van der Waals surface area contributed by atoms with Gasteiger partial charge in [0.25, 0.3) is 0 Å². The normalized spacial score (nSPS) is 13.0. The summed E-state index contributed by atoms with van der Waals surface area (Å²) in [6.07, 6.45) is 0. The highest BCUT2D eigenvalue weighted by molar-refractivity contribution is 7.52. The topological polar surface area (TPSA) is 117 Å². The number of hydrogen-bond donors (Lipinski definition) is 3. The number of aromatic nitrogens is 2. The summed E-state index contributed by atoms with van der Waals surface area (Å²) >= 11 is 0. The number of para-hydroxylation sites is 1. The molecule has 0 bridgehead atoms. The fourth-order valence-electron chi connectivity index (χ4n) is 1.84. The van der Waals surface area contributed by atoms with E-state index in [-0.39, 0.29) is 24.4 Å². The van der Waals surface area contributed by atoms with Crippen LogP contribution in [0, 0.1) is 0 Å². The average Bonchev–Trinajstić information content (AvgIpc) is 2.80. The second kappa shape index (κ2) is 6.26. The molecule has 21 heavy (non-hydrogen) atoms. The van der Waals surface area contributed by atoms with E-state index in [0.717, 1.165) is 0 Å². The summed E-state index contributed by atoms with van der Waals surface area (Å²) in [4.78, 5) is 16.8. The summed E-state index contributed by atoms with van der Waals surface area (Å²) in [5, 5.41) is 9.12. The summed E-state index contributed by atoms with van der Waals surface area (Å²) in [7, 11) is -3.62. The number of nitrogens with one attached hydrogen (secondary N) is 2. The minimum Gasteiger partial charge on any atom is -0.478 e. The van der Waals surface area contributed by atoms with E-state index in [4.69, 9.17) is 14.2 Å². The minimum absolute atomic E-state index is 0.0906. The van der Waals surface area contributed by atoms with Gasteiger partial charge in [-0.05, 0) is 26.0 Å². The highest BCUT2D eigenvalue weighted by atomic mass is 31.2. The second-order valence-electron chi connectivity index (χ2n) is 4.04. The number of carbonyl (C=O) groups is 1. The summed E-state index contributed by atoms with van der Waals surface area (Å²) in [6.45, 7) is 3.72. The minimum atomic E-state index is -3.62. The summed E-state index contributed by atoms with van der Waals surface area (Å²) in [5.41, 5.74) is 1.12. The van der Waals surface area contributed by atoms with Gasteiger partial charge in [0.15, 0.2) is 0 Å². The molecule has 2 aromatic rings. The van der Waals surface area contributed by atoms with Gasteiger partial charge >= 0.3 is 13.7 Å². The maximum absolute atomic E-state index is 12.3. The third-order valence-corrected chi connectivity index (χ3v) is 4.21. The Hall–Kier alpha value is -1.89. The van der Waals surface area contributed by atoms with E-state index < -0.39 is 13.7 Å². The molecule has 0 aliphatic carbocycles. The van der Waals surface area contributed by atoms with Gasteiger partial charge < -0.3 is 15.1 Å². The second-order valence-corrected chi connectivity index (χ2v) is 5.69. The van der Waals surface area contributed by atoms with Crippen molar-refractivity contribution in [2.45, 2.75) is 13.8 Å². The first-order valence-electron chi connectivity index (χ1n) is 6.38. The van der Waals surface area contributed by atoms with Crippen molar-refractivity contribution in [3.05, 3.63) is 29.4 Å². The maximum atomic E-state index is 12.3. The predicted octanol–water partition coefficient (Wildman–Crippen LogP) is 2.28. The van der Waals surface area contributed by atoms with Crippen LogP contribution >= 0.6 is 7.75 Å². The van der Waals surface area contributed by atoms with Gasteiger partial charge in [-0.2, -0.15) is 0 Å². The molecule has 1 heterocycles. The first kappa shape index (κ1) is 15.5. The fourth-order valence-corrected chi connectivity index (χ4v) is 3.03. The van der Waals surface area contributed by atoms with Crippen LogP contribution in [0.2, 0.25) is 0 Å². The molecule has 0 amide bonds. The molecule has 3 N–H and O–H groups in total. The molecule has 0 aliphatic rings. The Morgan fingerprint density at radius 1 is 1.29 bits per heavy atom. The lowest BCUT2D eigenvalue weighted by molar-refractivity contribution is 0.0699. The summed E-state index contributed by atoms with van der Waals surface area (Å²) in [5.74, 6) is -1.07. The smallest absolute Gasteiger partial charge is 0.457 e. The first-order chi connectivity index (χ1) is 9.99. The van der Waals surface area contributed by atoms with Crippen molar-refractivity contribution in [1.82, 2.24) is 9.97 Å². The molecule has 0 spiro atoms. The molecule has 2 rings (SSSR count). The number of carboxylic acid groups (broad SMARTS) is 1. The van der Waals surface area contributed by atoms with Crippen molar-refractivity contribution in [2.24, 2.45) is 4.76 Å². The third-order valence-electron chi connectivity index (χ3n) is 2.60. The van der Waals surface area contributed by atoms with Crippen LogP contribution in [-0.2, 0) is 13.6 Å². The lowest BCUT2D eigenvalue weighted by Crippen LogP contribution is -2.07. The molecule has 0 atom stereocenters. The molecule has 0 saturated carbocycles. The monoisotopic (exact) mass is 313 g/mol. The number of imidazole rings is 1. The number of hydrogen-bond acceptors (Lipinski definition) is 4. The number of carboxylic acids is 1. The number of aromatic amines is 2. The standard InChI is InChI=1S/C12H16N3O5P/c1-3-19-21(18,20-4-2)15-12-13-9-7-5-6-8(11(16)17)10(9)14-12/h5-7H,3-4H2,1-2H3,(H,16,17)(H2,13,14,15,18). The van der Waals surface area contributed by atoms with E-state index in [0.29, 0.717) is 11.0 Å². The van der Waals surface area contributed by atoms with Crippen molar-refractivity contribution < 1.29 is 23.5 Å². The molecule has 9 heteroatoms. The number of nitrogens with zero attached hydrogens (tertiary/aromatic N) is 1. The van der Waals surface area contributed by atoms with Crippen LogP contribution in [0.15, 0.2) is 23.0 Å². The maximum Gasteiger partial charge on any atom is 0.457 e. The molecule has 114 valence electrons. The Morgan fingerprint density at radius 2 is 1.95 bits per heavy atom. The van der Waals surface area contributed by atoms with E-state index in [1.807, 2.05) is 0 Å². The number of aromatic carboxylic acids is 1. The molecule has 1 aromatic carbocycles. The molecular weight excluding hydrogens is 297 g/mol. The summed E-state index contributed by atoms with van der Waals surface area (Å²) < 4.78 is 26.3. The molecule has 0 aliphatic heterocycles. The van der Waals surface area contributed by atoms with Crippen LogP contribution in [0.4, 0.5) is 0 Å².